The van der Waals surface area contributed by atoms with Crippen molar-refractivity contribution in [1.82, 2.24) is 10.2 Å². The van der Waals surface area contributed by atoms with Crippen molar-refractivity contribution in [2.24, 2.45) is 0 Å². The van der Waals surface area contributed by atoms with Gasteiger partial charge < -0.3 is 15.3 Å². The quantitative estimate of drug-likeness (QED) is 0.666. The lowest BCUT2D eigenvalue weighted by atomic mass is 10.0. The first-order valence-electron chi connectivity index (χ1n) is 4.76. The number of aliphatic hydroxyl groups is 1. The predicted molar refractivity (Wildman–Crippen MR) is 56.9 cm³/mol. The topological polar surface area (TPSA) is 35.5 Å². The van der Waals surface area contributed by atoms with E-state index in [4.69, 9.17) is 0 Å². The molecular formula is C10H24N2O. The van der Waals surface area contributed by atoms with E-state index in [1.807, 2.05) is 13.8 Å². The van der Waals surface area contributed by atoms with Crippen LogP contribution in [0, 0.1) is 0 Å². The Morgan fingerprint density at radius 2 is 1.54 bits per heavy atom. The van der Waals surface area contributed by atoms with Crippen molar-refractivity contribution in [1.29, 1.82) is 0 Å². The number of nitrogens with one attached hydrogen (secondary N) is 1. The van der Waals surface area contributed by atoms with E-state index >= 15 is 0 Å². The van der Waals surface area contributed by atoms with Crippen molar-refractivity contribution in [2.45, 2.75) is 38.8 Å². The van der Waals surface area contributed by atoms with Crippen molar-refractivity contribution >= 4 is 0 Å². The molecule has 13 heavy (non-hydrogen) atoms. The zero-order valence-corrected chi connectivity index (χ0v) is 9.81. The Hall–Kier alpha value is -0.120. The number of nitrogens with zero attached hydrogens (tertiary/aromatic N) is 1. The van der Waals surface area contributed by atoms with Gasteiger partial charge in [0.1, 0.15) is 0 Å². The summed E-state index contributed by atoms with van der Waals surface area (Å²) < 4.78 is 0. The molecular weight excluding hydrogens is 164 g/mol. The Morgan fingerprint density at radius 3 is 1.85 bits per heavy atom. The van der Waals surface area contributed by atoms with Crippen molar-refractivity contribution in [3.05, 3.63) is 0 Å². The average molecular weight is 188 g/mol. The smallest absolute Gasteiger partial charge is 0.0715 e. The normalized spacial score (nSPS) is 13.8. The van der Waals surface area contributed by atoms with Crippen LogP contribution in [0.15, 0.2) is 0 Å². The standard InChI is InChI=1S/C10H24N2O/c1-9(2,12(5)6)7-11-8-10(3,4)13/h11,13H,7-8H2,1-6H3. The molecule has 0 saturated carbocycles. The van der Waals surface area contributed by atoms with Crippen LogP contribution < -0.4 is 5.32 Å². The van der Waals surface area contributed by atoms with Crippen LogP contribution in [0.25, 0.3) is 0 Å². The number of hydrogen-bond donors (Lipinski definition) is 2. The molecule has 2 N–H and O–H groups in total. The summed E-state index contributed by atoms with van der Waals surface area (Å²) in [7, 11) is 4.12. The van der Waals surface area contributed by atoms with Crippen molar-refractivity contribution in [3.8, 4) is 0 Å². The first-order valence-corrected chi connectivity index (χ1v) is 4.76. The molecule has 0 fully saturated rings. The lowest BCUT2D eigenvalue weighted by molar-refractivity contribution is 0.0741. The molecule has 3 nitrogen and oxygen atoms in total. The molecule has 0 bridgehead atoms. The van der Waals surface area contributed by atoms with Gasteiger partial charge in [0.15, 0.2) is 0 Å². The molecule has 0 atom stereocenters. The van der Waals surface area contributed by atoms with Crippen LogP contribution in [0.1, 0.15) is 27.7 Å². The van der Waals surface area contributed by atoms with Gasteiger partial charge in [-0.15, -0.1) is 0 Å². The summed E-state index contributed by atoms with van der Waals surface area (Å²) in [5.41, 5.74) is -0.492. The summed E-state index contributed by atoms with van der Waals surface area (Å²) in [6.45, 7) is 9.47. The minimum Gasteiger partial charge on any atom is -0.389 e. The zero-order chi connectivity index (χ0) is 10.7. The number of hydrogen-bond acceptors (Lipinski definition) is 3. The van der Waals surface area contributed by atoms with Crippen LogP contribution in [-0.2, 0) is 0 Å². The fourth-order valence-corrected chi connectivity index (χ4v) is 0.832. The predicted octanol–water partition coefficient (Wildman–Crippen LogP) is 0.687. The largest absolute Gasteiger partial charge is 0.389 e. The van der Waals surface area contributed by atoms with E-state index in [9.17, 15) is 5.11 Å². The minimum absolute atomic E-state index is 0.130. The summed E-state index contributed by atoms with van der Waals surface area (Å²) >= 11 is 0. The van der Waals surface area contributed by atoms with E-state index in [0.29, 0.717) is 6.54 Å². The highest BCUT2D eigenvalue weighted by Gasteiger charge is 2.21. The maximum atomic E-state index is 9.48. The Balaban J connectivity index is 3.77. The third-order valence-electron chi connectivity index (χ3n) is 2.33. The van der Waals surface area contributed by atoms with Crippen LogP contribution in [0.3, 0.4) is 0 Å². The minimum atomic E-state index is -0.623. The van der Waals surface area contributed by atoms with E-state index in [-0.39, 0.29) is 5.54 Å². The second kappa shape index (κ2) is 4.40. The summed E-state index contributed by atoms with van der Waals surface area (Å²) in [4.78, 5) is 2.17. The third kappa shape index (κ3) is 6.02. The Kier molecular flexibility index (Phi) is 4.36. The molecule has 3 heteroatoms. The lowest BCUT2D eigenvalue weighted by Gasteiger charge is -2.33. The monoisotopic (exact) mass is 188 g/mol. The SMILES string of the molecule is CN(C)C(C)(C)CNCC(C)(C)O. The molecule has 0 rings (SSSR count). The highest BCUT2D eigenvalue weighted by atomic mass is 16.3. The summed E-state index contributed by atoms with van der Waals surface area (Å²) in [5, 5.41) is 12.7. The van der Waals surface area contributed by atoms with Gasteiger partial charge in [0.05, 0.1) is 5.60 Å². The van der Waals surface area contributed by atoms with Crippen LogP contribution in [0.2, 0.25) is 0 Å². The van der Waals surface area contributed by atoms with E-state index in [0.717, 1.165) is 6.54 Å². The average Bonchev–Trinajstić information content (AvgIpc) is 1.82. The van der Waals surface area contributed by atoms with Crippen LogP contribution in [-0.4, -0.2) is 48.3 Å². The highest BCUT2D eigenvalue weighted by Crippen LogP contribution is 2.08. The van der Waals surface area contributed by atoms with Gasteiger partial charge in [-0.3, -0.25) is 0 Å². The molecule has 0 aromatic carbocycles. The van der Waals surface area contributed by atoms with Gasteiger partial charge in [0, 0.05) is 18.6 Å². The fourth-order valence-electron chi connectivity index (χ4n) is 0.832. The zero-order valence-electron chi connectivity index (χ0n) is 9.81. The molecule has 0 aliphatic heterocycles. The summed E-state index contributed by atoms with van der Waals surface area (Å²) in [5.74, 6) is 0. The first kappa shape index (κ1) is 12.9. The van der Waals surface area contributed by atoms with Gasteiger partial charge in [0.2, 0.25) is 0 Å². The highest BCUT2D eigenvalue weighted by molar-refractivity contribution is 4.81. The van der Waals surface area contributed by atoms with Gasteiger partial charge >= 0.3 is 0 Å². The molecule has 0 aliphatic rings. The lowest BCUT2D eigenvalue weighted by Crippen LogP contribution is -2.49. The van der Waals surface area contributed by atoms with E-state index in [1.165, 1.54) is 0 Å². The molecule has 0 aliphatic carbocycles. The van der Waals surface area contributed by atoms with Gasteiger partial charge in [-0.05, 0) is 41.8 Å². The molecule has 80 valence electrons. The van der Waals surface area contributed by atoms with E-state index in [2.05, 4.69) is 38.2 Å². The summed E-state index contributed by atoms with van der Waals surface area (Å²) in [6.07, 6.45) is 0. The first-order chi connectivity index (χ1) is 5.65. The molecule has 0 saturated heterocycles. The fraction of sp³-hybridized carbons (Fsp3) is 1.00. The van der Waals surface area contributed by atoms with Crippen LogP contribution >= 0.6 is 0 Å². The molecule has 0 aromatic rings. The maximum absolute atomic E-state index is 9.48. The Labute approximate surface area is 82.1 Å². The van der Waals surface area contributed by atoms with E-state index < -0.39 is 5.60 Å². The summed E-state index contributed by atoms with van der Waals surface area (Å²) in [6, 6.07) is 0. The molecule has 0 spiro atoms. The number of rotatable bonds is 5. The molecule has 0 aromatic heterocycles. The third-order valence-corrected chi connectivity index (χ3v) is 2.33. The van der Waals surface area contributed by atoms with Crippen LogP contribution in [0.5, 0.6) is 0 Å². The number of likely N-dealkylation sites (N-methyl/N-ethyl adjacent to an activating group) is 1. The molecule has 0 heterocycles. The maximum Gasteiger partial charge on any atom is 0.0715 e. The van der Waals surface area contributed by atoms with Crippen molar-refractivity contribution in [3.63, 3.8) is 0 Å². The second-order valence-electron chi connectivity index (χ2n) is 5.12. The van der Waals surface area contributed by atoms with Gasteiger partial charge in [0.25, 0.3) is 0 Å². The van der Waals surface area contributed by atoms with E-state index in [1.54, 1.807) is 0 Å². The van der Waals surface area contributed by atoms with Crippen molar-refractivity contribution in [2.75, 3.05) is 27.2 Å². The van der Waals surface area contributed by atoms with Gasteiger partial charge in [-0.25, -0.2) is 0 Å². The van der Waals surface area contributed by atoms with Crippen molar-refractivity contribution < 1.29 is 5.11 Å². The van der Waals surface area contributed by atoms with Gasteiger partial charge in [-0.1, -0.05) is 0 Å². The van der Waals surface area contributed by atoms with Crippen LogP contribution in [0.4, 0.5) is 0 Å². The van der Waals surface area contributed by atoms with Gasteiger partial charge in [-0.2, -0.15) is 0 Å². The second-order valence-corrected chi connectivity index (χ2v) is 5.12. The Bertz CT molecular complexity index is 147. The molecule has 0 unspecified atom stereocenters. The molecule has 0 radical (unpaired) electrons. The Morgan fingerprint density at radius 1 is 1.08 bits per heavy atom. The molecule has 0 amide bonds.